The molecule has 0 aliphatic carbocycles. The zero-order chi connectivity index (χ0) is 17.3. The van der Waals surface area contributed by atoms with Gasteiger partial charge in [0.05, 0.1) is 11.7 Å². The minimum atomic E-state index is -0.155. The molecule has 24 heavy (non-hydrogen) atoms. The molecule has 0 aliphatic heterocycles. The highest BCUT2D eigenvalue weighted by Gasteiger charge is 2.19. The Kier molecular flexibility index (Phi) is 4.53. The maximum Gasteiger partial charge on any atom is 0.264 e. The second-order valence-electron chi connectivity index (χ2n) is 6.19. The van der Waals surface area contributed by atoms with E-state index in [9.17, 15) is 4.79 Å². The minimum absolute atomic E-state index is 0.0810. The van der Waals surface area contributed by atoms with Crippen molar-refractivity contribution in [1.29, 1.82) is 0 Å². The standard InChI is InChI=1S/C19H21N3OS/c1-11(2)15-10-9-14-16(20)17(24-19(14)22-15)18(23)21-12(3)13-7-5-4-6-8-13/h4-12H,20H2,1-3H3,(H,21,23). The van der Waals surface area contributed by atoms with Crippen molar-refractivity contribution in [3.8, 4) is 0 Å². The monoisotopic (exact) mass is 339 g/mol. The fraction of sp³-hybridized carbons (Fsp3) is 0.263. The number of hydrogen-bond donors (Lipinski definition) is 2. The normalized spacial score (nSPS) is 12.5. The van der Waals surface area contributed by atoms with Crippen molar-refractivity contribution in [1.82, 2.24) is 10.3 Å². The number of carbonyl (C=O) groups is 1. The van der Waals surface area contributed by atoms with Crippen molar-refractivity contribution in [3.05, 3.63) is 58.6 Å². The van der Waals surface area contributed by atoms with E-state index in [4.69, 9.17) is 5.73 Å². The first-order chi connectivity index (χ1) is 11.5. The van der Waals surface area contributed by atoms with Crippen molar-refractivity contribution >= 4 is 33.1 Å². The molecular weight excluding hydrogens is 318 g/mol. The SMILES string of the molecule is CC(C)c1ccc2c(N)c(C(=O)NC(C)c3ccccc3)sc2n1. The van der Waals surface area contributed by atoms with Gasteiger partial charge in [0.15, 0.2) is 0 Å². The third-order valence-corrected chi connectivity index (χ3v) is 5.17. The van der Waals surface area contributed by atoms with E-state index in [0.29, 0.717) is 16.5 Å². The van der Waals surface area contributed by atoms with Gasteiger partial charge in [-0.05, 0) is 30.5 Å². The van der Waals surface area contributed by atoms with Gasteiger partial charge >= 0.3 is 0 Å². The molecule has 5 heteroatoms. The van der Waals surface area contributed by atoms with E-state index < -0.39 is 0 Å². The molecule has 0 saturated heterocycles. The van der Waals surface area contributed by atoms with Gasteiger partial charge in [0.2, 0.25) is 0 Å². The largest absolute Gasteiger partial charge is 0.397 e. The quantitative estimate of drug-likeness (QED) is 0.736. The van der Waals surface area contributed by atoms with Crippen LogP contribution in [0.25, 0.3) is 10.2 Å². The van der Waals surface area contributed by atoms with Crippen LogP contribution in [0.3, 0.4) is 0 Å². The van der Waals surface area contributed by atoms with Crippen molar-refractivity contribution < 1.29 is 4.79 Å². The molecule has 0 bridgehead atoms. The maximum absolute atomic E-state index is 12.6. The molecule has 3 N–H and O–H groups in total. The lowest BCUT2D eigenvalue weighted by atomic mass is 10.1. The number of fused-ring (bicyclic) bond motifs is 1. The van der Waals surface area contributed by atoms with E-state index in [1.54, 1.807) is 0 Å². The average molecular weight is 339 g/mol. The van der Waals surface area contributed by atoms with E-state index >= 15 is 0 Å². The van der Waals surface area contributed by atoms with Gasteiger partial charge in [-0.15, -0.1) is 11.3 Å². The number of aromatic nitrogens is 1. The molecule has 2 heterocycles. The van der Waals surface area contributed by atoms with Crippen LogP contribution in [0.1, 0.15) is 53.7 Å². The second-order valence-corrected chi connectivity index (χ2v) is 7.19. The first kappa shape index (κ1) is 16.5. The number of benzene rings is 1. The highest BCUT2D eigenvalue weighted by atomic mass is 32.1. The molecule has 1 aromatic carbocycles. The van der Waals surface area contributed by atoms with Crippen molar-refractivity contribution in [3.63, 3.8) is 0 Å². The summed E-state index contributed by atoms with van der Waals surface area (Å²) in [7, 11) is 0. The number of hydrogen-bond acceptors (Lipinski definition) is 4. The number of nitrogens with two attached hydrogens (primary N) is 1. The van der Waals surface area contributed by atoms with Gasteiger partial charge < -0.3 is 11.1 Å². The van der Waals surface area contributed by atoms with Gasteiger partial charge in [0, 0.05) is 11.1 Å². The molecule has 0 fully saturated rings. The number of nitrogen functional groups attached to an aromatic ring is 1. The summed E-state index contributed by atoms with van der Waals surface area (Å²) < 4.78 is 0. The zero-order valence-corrected chi connectivity index (χ0v) is 14.9. The first-order valence-electron chi connectivity index (χ1n) is 8.02. The van der Waals surface area contributed by atoms with Crippen LogP contribution in [-0.4, -0.2) is 10.9 Å². The third kappa shape index (κ3) is 3.12. The first-order valence-corrected chi connectivity index (χ1v) is 8.83. The molecular formula is C19H21N3OS. The van der Waals surface area contributed by atoms with E-state index in [-0.39, 0.29) is 11.9 Å². The van der Waals surface area contributed by atoms with Gasteiger partial charge in [0.1, 0.15) is 9.71 Å². The fourth-order valence-corrected chi connectivity index (χ4v) is 3.59. The predicted octanol–water partition coefficient (Wildman–Crippen LogP) is 4.49. The molecule has 1 amide bonds. The smallest absolute Gasteiger partial charge is 0.264 e. The summed E-state index contributed by atoms with van der Waals surface area (Å²) in [4.78, 5) is 18.6. The van der Waals surface area contributed by atoms with E-state index in [0.717, 1.165) is 21.5 Å². The lowest BCUT2D eigenvalue weighted by Gasteiger charge is -2.13. The molecule has 2 aromatic heterocycles. The Labute approximate surface area is 145 Å². The van der Waals surface area contributed by atoms with Crippen molar-refractivity contribution in [2.24, 2.45) is 0 Å². The third-order valence-electron chi connectivity index (χ3n) is 4.06. The van der Waals surface area contributed by atoms with Crippen LogP contribution in [0.5, 0.6) is 0 Å². The number of rotatable bonds is 4. The molecule has 0 spiro atoms. The summed E-state index contributed by atoms with van der Waals surface area (Å²) in [5, 5.41) is 3.86. The van der Waals surface area contributed by atoms with Gasteiger partial charge in [0.25, 0.3) is 5.91 Å². The Bertz CT molecular complexity index is 871. The van der Waals surface area contributed by atoms with Crippen LogP contribution < -0.4 is 11.1 Å². The average Bonchev–Trinajstić information content (AvgIpc) is 2.92. The Morgan fingerprint density at radius 1 is 1.12 bits per heavy atom. The molecule has 0 radical (unpaired) electrons. The number of anilines is 1. The molecule has 124 valence electrons. The highest BCUT2D eigenvalue weighted by molar-refractivity contribution is 7.21. The van der Waals surface area contributed by atoms with Crippen LogP contribution in [0.15, 0.2) is 42.5 Å². The topological polar surface area (TPSA) is 68.0 Å². The van der Waals surface area contributed by atoms with Gasteiger partial charge in [-0.1, -0.05) is 44.2 Å². The lowest BCUT2D eigenvalue weighted by molar-refractivity contribution is 0.0945. The van der Waals surface area contributed by atoms with Crippen LogP contribution in [0.2, 0.25) is 0 Å². The van der Waals surface area contributed by atoms with E-state index in [2.05, 4.69) is 24.1 Å². The molecule has 1 atom stereocenters. The minimum Gasteiger partial charge on any atom is -0.397 e. The molecule has 3 rings (SSSR count). The number of amides is 1. The predicted molar refractivity (Wildman–Crippen MR) is 100 cm³/mol. The van der Waals surface area contributed by atoms with Crippen LogP contribution >= 0.6 is 11.3 Å². The van der Waals surface area contributed by atoms with Crippen LogP contribution in [0, 0.1) is 0 Å². The molecule has 1 unspecified atom stereocenters. The summed E-state index contributed by atoms with van der Waals surface area (Å²) in [6, 6.07) is 13.7. The number of nitrogens with zero attached hydrogens (tertiary/aromatic N) is 1. The summed E-state index contributed by atoms with van der Waals surface area (Å²) in [6.45, 7) is 6.16. The number of pyridine rings is 1. The summed E-state index contributed by atoms with van der Waals surface area (Å²) in [5.74, 6) is 0.186. The van der Waals surface area contributed by atoms with Gasteiger partial charge in [-0.3, -0.25) is 4.79 Å². The molecule has 4 nitrogen and oxygen atoms in total. The van der Waals surface area contributed by atoms with Crippen LogP contribution in [0.4, 0.5) is 5.69 Å². The second kappa shape index (κ2) is 6.61. The summed E-state index contributed by atoms with van der Waals surface area (Å²) in [6.07, 6.45) is 0. The van der Waals surface area contributed by atoms with E-state index in [1.165, 1.54) is 11.3 Å². The molecule has 3 aromatic rings. The van der Waals surface area contributed by atoms with Crippen molar-refractivity contribution in [2.75, 3.05) is 5.73 Å². The molecule has 0 saturated carbocycles. The number of carbonyl (C=O) groups excluding carboxylic acids is 1. The Morgan fingerprint density at radius 3 is 2.50 bits per heavy atom. The zero-order valence-electron chi connectivity index (χ0n) is 14.0. The van der Waals surface area contributed by atoms with Crippen LogP contribution in [-0.2, 0) is 0 Å². The highest BCUT2D eigenvalue weighted by Crippen LogP contribution is 2.33. The maximum atomic E-state index is 12.6. The molecule has 0 aliphatic rings. The van der Waals surface area contributed by atoms with Gasteiger partial charge in [-0.2, -0.15) is 0 Å². The number of thiophene rings is 1. The number of nitrogens with one attached hydrogen (secondary N) is 1. The van der Waals surface area contributed by atoms with Crippen molar-refractivity contribution in [2.45, 2.75) is 32.7 Å². The fourth-order valence-electron chi connectivity index (χ4n) is 2.59. The van der Waals surface area contributed by atoms with E-state index in [1.807, 2.05) is 49.4 Å². The summed E-state index contributed by atoms with van der Waals surface area (Å²) >= 11 is 1.35. The Balaban J connectivity index is 1.88. The lowest BCUT2D eigenvalue weighted by Crippen LogP contribution is -2.26. The Morgan fingerprint density at radius 2 is 1.83 bits per heavy atom. The summed E-state index contributed by atoms with van der Waals surface area (Å²) in [5.41, 5.74) is 8.77. The van der Waals surface area contributed by atoms with Gasteiger partial charge in [-0.25, -0.2) is 4.98 Å². The Hall–Kier alpha value is -2.40.